The van der Waals surface area contributed by atoms with Gasteiger partial charge in [0.2, 0.25) is 5.88 Å². The minimum absolute atomic E-state index is 0.508. The third-order valence-electron chi connectivity index (χ3n) is 3.00. The predicted molar refractivity (Wildman–Crippen MR) is 89.0 cm³/mol. The second-order valence-electron chi connectivity index (χ2n) is 5.32. The van der Waals surface area contributed by atoms with Gasteiger partial charge in [-0.2, -0.15) is 4.98 Å². The number of nitrogens with one attached hydrogen (secondary N) is 1. The maximum Gasteiger partial charge on any atom is 0.233 e. The Kier molecular flexibility index (Phi) is 7.02. The van der Waals surface area contributed by atoms with Gasteiger partial charge in [0.1, 0.15) is 0 Å². The quantitative estimate of drug-likeness (QED) is 0.747. The molecule has 0 unspecified atom stereocenters. The Morgan fingerprint density at radius 3 is 2.65 bits per heavy atom. The summed E-state index contributed by atoms with van der Waals surface area (Å²) in [6.45, 7) is 8.59. The van der Waals surface area contributed by atoms with Crippen LogP contribution in [-0.4, -0.2) is 39.3 Å². The first-order valence-corrected chi connectivity index (χ1v) is 7.94. The molecule has 0 aliphatic carbocycles. The highest BCUT2D eigenvalue weighted by molar-refractivity contribution is 7.16. The molecule has 20 heavy (non-hydrogen) atoms. The van der Waals surface area contributed by atoms with Crippen molar-refractivity contribution >= 4 is 22.5 Å². The first kappa shape index (κ1) is 17.0. The van der Waals surface area contributed by atoms with E-state index in [-0.39, 0.29) is 0 Å². The molecule has 0 bridgehead atoms. The molecule has 0 fully saturated rings. The summed E-state index contributed by atoms with van der Waals surface area (Å²) in [5.41, 5.74) is 1.38. The first-order valence-electron chi connectivity index (χ1n) is 7.12. The molecule has 5 heteroatoms. The minimum Gasteiger partial charge on any atom is -0.480 e. The predicted octanol–water partition coefficient (Wildman–Crippen LogP) is 3.26. The molecular weight excluding hydrogens is 270 g/mol. The van der Waals surface area contributed by atoms with Gasteiger partial charge in [0.25, 0.3) is 0 Å². The lowest BCUT2D eigenvalue weighted by atomic mass is 10.0. The summed E-state index contributed by atoms with van der Waals surface area (Å²) in [6, 6.07) is 0. The standard InChI is InChI=1S/C15H27N3OS/c1-7-8-16-10-12(11(2)3)9-13-14(19-6)17-15(20-13)18(4)5/h9,11,16H,7-8,10H2,1-6H3. The summed E-state index contributed by atoms with van der Waals surface area (Å²) in [4.78, 5) is 7.60. The average Bonchev–Trinajstić information content (AvgIpc) is 2.81. The van der Waals surface area contributed by atoms with Gasteiger partial charge in [-0.05, 0) is 25.0 Å². The highest BCUT2D eigenvalue weighted by atomic mass is 32.1. The van der Waals surface area contributed by atoms with Gasteiger partial charge >= 0.3 is 0 Å². The topological polar surface area (TPSA) is 37.4 Å². The Bertz CT molecular complexity index is 438. The monoisotopic (exact) mass is 297 g/mol. The van der Waals surface area contributed by atoms with E-state index in [1.165, 1.54) is 5.57 Å². The van der Waals surface area contributed by atoms with E-state index in [1.807, 2.05) is 19.0 Å². The molecule has 0 aromatic carbocycles. The van der Waals surface area contributed by atoms with Gasteiger partial charge in [-0.1, -0.05) is 37.7 Å². The van der Waals surface area contributed by atoms with Gasteiger partial charge in [-0.15, -0.1) is 0 Å². The summed E-state index contributed by atoms with van der Waals surface area (Å²) in [6.07, 6.45) is 3.37. The molecule has 1 aromatic heterocycles. The van der Waals surface area contributed by atoms with Gasteiger partial charge in [-0.25, -0.2) is 0 Å². The van der Waals surface area contributed by atoms with Crippen LogP contribution in [0.3, 0.4) is 0 Å². The Morgan fingerprint density at radius 1 is 1.45 bits per heavy atom. The van der Waals surface area contributed by atoms with Crippen molar-refractivity contribution in [2.45, 2.75) is 27.2 Å². The fourth-order valence-electron chi connectivity index (χ4n) is 1.74. The van der Waals surface area contributed by atoms with Crippen LogP contribution in [0.5, 0.6) is 5.88 Å². The third-order valence-corrected chi connectivity index (χ3v) is 4.15. The number of thiazole rings is 1. The van der Waals surface area contributed by atoms with Gasteiger partial charge in [0, 0.05) is 20.6 Å². The van der Waals surface area contributed by atoms with Crippen LogP contribution in [-0.2, 0) is 0 Å². The smallest absolute Gasteiger partial charge is 0.233 e. The van der Waals surface area contributed by atoms with Crippen molar-refractivity contribution in [2.24, 2.45) is 5.92 Å². The largest absolute Gasteiger partial charge is 0.480 e. The molecule has 1 rings (SSSR count). The highest BCUT2D eigenvalue weighted by Crippen LogP contribution is 2.33. The fraction of sp³-hybridized carbons (Fsp3) is 0.667. The van der Waals surface area contributed by atoms with Gasteiger partial charge in [0.05, 0.1) is 12.0 Å². The van der Waals surface area contributed by atoms with E-state index in [2.05, 4.69) is 37.1 Å². The van der Waals surface area contributed by atoms with Crippen molar-refractivity contribution in [2.75, 3.05) is 39.2 Å². The van der Waals surface area contributed by atoms with E-state index in [0.717, 1.165) is 29.5 Å². The Balaban J connectivity index is 2.97. The molecular formula is C15H27N3OS. The molecule has 0 saturated carbocycles. The number of hydrogen-bond acceptors (Lipinski definition) is 5. The molecule has 0 aliphatic rings. The van der Waals surface area contributed by atoms with Gasteiger partial charge in [0.15, 0.2) is 5.13 Å². The van der Waals surface area contributed by atoms with Crippen LogP contribution in [0, 0.1) is 5.92 Å². The zero-order valence-corrected chi connectivity index (χ0v) is 14.3. The zero-order chi connectivity index (χ0) is 15.1. The maximum absolute atomic E-state index is 5.39. The van der Waals surface area contributed by atoms with E-state index in [1.54, 1.807) is 18.4 Å². The van der Waals surface area contributed by atoms with Crippen LogP contribution in [0.25, 0.3) is 6.08 Å². The normalized spacial score (nSPS) is 12.1. The van der Waals surface area contributed by atoms with Crippen molar-refractivity contribution in [1.82, 2.24) is 10.3 Å². The van der Waals surface area contributed by atoms with E-state index in [4.69, 9.17) is 4.74 Å². The molecule has 114 valence electrons. The van der Waals surface area contributed by atoms with Crippen molar-refractivity contribution in [3.05, 3.63) is 10.5 Å². The number of nitrogens with zero attached hydrogens (tertiary/aromatic N) is 2. The summed E-state index contributed by atoms with van der Waals surface area (Å²) in [5, 5.41) is 4.44. The summed E-state index contributed by atoms with van der Waals surface area (Å²) >= 11 is 1.66. The Hall–Kier alpha value is -1.07. The van der Waals surface area contributed by atoms with E-state index < -0.39 is 0 Å². The molecule has 1 aromatic rings. The van der Waals surface area contributed by atoms with Crippen molar-refractivity contribution < 1.29 is 4.74 Å². The Morgan fingerprint density at radius 2 is 2.15 bits per heavy atom. The fourth-order valence-corrected chi connectivity index (χ4v) is 2.67. The number of aromatic nitrogens is 1. The van der Waals surface area contributed by atoms with Crippen LogP contribution >= 0.6 is 11.3 Å². The number of ether oxygens (including phenoxy) is 1. The van der Waals surface area contributed by atoms with Gasteiger partial charge < -0.3 is 15.0 Å². The lowest BCUT2D eigenvalue weighted by Gasteiger charge is -2.12. The second-order valence-corrected chi connectivity index (χ2v) is 6.32. The molecule has 1 N–H and O–H groups in total. The van der Waals surface area contributed by atoms with Crippen LogP contribution in [0.15, 0.2) is 5.57 Å². The van der Waals surface area contributed by atoms with E-state index in [9.17, 15) is 0 Å². The molecule has 0 spiro atoms. The van der Waals surface area contributed by atoms with Gasteiger partial charge in [-0.3, -0.25) is 0 Å². The number of hydrogen-bond donors (Lipinski definition) is 1. The zero-order valence-electron chi connectivity index (χ0n) is 13.5. The highest BCUT2D eigenvalue weighted by Gasteiger charge is 2.13. The molecule has 4 nitrogen and oxygen atoms in total. The molecule has 1 heterocycles. The van der Waals surface area contributed by atoms with E-state index >= 15 is 0 Å². The first-order chi connectivity index (χ1) is 9.49. The summed E-state index contributed by atoms with van der Waals surface area (Å²) < 4.78 is 5.39. The van der Waals surface area contributed by atoms with Crippen molar-refractivity contribution in [3.63, 3.8) is 0 Å². The molecule has 0 aliphatic heterocycles. The third kappa shape index (κ3) is 4.80. The number of methoxy groups -OCH3 is 1. The van der Waals surface area contributed by atoms with Crippen molar-refractivity contribution in [3.8, 4) is 5.88 Å². The lowest BCUT2D eigenvalue weighted by molar-refractivity contribution is 0.400. The summed E-state index contributed by atoms with van der Waals surface area (Å²) in [5.74, 6) is 1.22. The van der Waals surface area contributed by atoms with Crippen LogP contribution in [0.4, 0.5) is 5.13 Å². The summed E-state index contributed by atoms with van der Waals surface area (Å²) in [7, 11) is 5.67. The van der Waals surface area contributed by atoms with E-state index in [0.29, 0.717) is 11.8 Å². The van der Waals surface area contributed by atoms with Crippen molar-refractivity contribution in [1.29, 1.82) is 0 Å². The second kappa shape index (κ2) is 8.27. The number of rotatable bonds is 8. The number of anilines is 1. The lowest BCUT2D eigenvalue weighted by Crippen LogP contribution is -2.19. The van der Waals surface area contributed by atoms with Crippen LogP contribution in [0.1, 0.15) is 32.1 Å². The van der Waals surface area contributed by atoms with Crippen LogP contribution in [0.2, 0.25) is 0 Å². The molecule has 0 radical (unpaired) electrons. The van der Waals surface area contributed by atoms with Crippen LogP contribution < -0.4 is 15.0 Å². The molecule has 0 amide bonds. The minimum atomic E-state index is 0.508. The average molecular weight is 297 g/mol. The molecule has 0 atom stereocenters. The SMILES string of the molecule is CCCNCC(=Cc1sc(N(C)C)nc1OC)C(C)C. The Labute approximate surface area is 126 Å². The molecule has 0 saturated heterocycles. The maximum atomic E-state index is 5.39.